The predicted octanol–water partition coefficient (Wildman–Crippen LogP) is 4.83. The highest BCUT2D eigenvalue weighted by Gasteiger charge is 2.80. The second-order valence-corrected chi connectivity index (χ2v) is 12.9. The molecular weight excluding hydrogens is 478 g/mol. The maximum Gasteiger partial charge on any atom is 0.339 e. The molecule has 4 bridgehead atoms. The van der Waals surface area contributed by atoms with Crippen molar-refractivity contribution in [1.82, 2.24) is 4.90 Å². The third kappa shape index (κ3) is 2.87. The number of likely N-dealkylation sites (tertiary alicyclic amines) is 1. The molecular formula is C32H37NO5. The van der Waals surface area contributed by atoms with E-state index in [1.165, 1.54) is 36.1 Å². The summed E-state index contributed by atoms with van der Waals surface area (Å²) in [4.78, 5) is 15.2. The molecule has 2 aliphatic heterocycles. The number of carbonyl (C=O) groups is 1. The first kappa shape index (κ1) is 23.5. The minimum atomic E-state index is -0.901. The van der Waals surface area contributed by atoms with Gasteiger partial charge in [0.15, 0.2) is 0 Å². The van der Waals surface area contributed by atoms with E-state index in [4.69, 9.17) is 14.2 Å². The van der Waals surface area contributed by atoms with E-state index < -0.39 is 11.6 Å². The molecule has 1 unspecified atom stereocenters. The summed E-state index contributed by atoms with van der Waals surface area (Å²) >= 11 is 0. The van der Waals surface area contributed by atoms with Crippen molar-refractivity contribution in [3.05, 3.63) is 64.7 Å². The summed E-state index contributed by atoms with van der Waals surface area (Å²) in [5, 5.41) is 10.1. The van der Waals surface area contributed by atoms with Crippen molar-refractivity contribution in [2.45, 2.75) is 74.7 Å². The van der Waals surface area contributed by atoms with Gasteiger partial charge in [-0.1, -0.05) is 36.4 Å². The first-order valence-corrected chi connectivity index (χ1v) is 14.5. The number of carboxylic acids is 1. The van der Waals surface area contributed by atoms with Gasteiger partial charge in [-0.25, -0.2) is 4.79 Å². The number of carboxylic acid groups (broad SMARTS) is 1. The number of hydrogen-bond donors (Lipinski definition) is 1. The van der Waals surface area contributed by atoms with Crippen molar-refractivity contribution in [2.24, 2.45) is 17.3 Å². The molecule has 1 saturated heterocycles. The lowest BCUT2D eigenvalue weighted by Gasteiger charge is -2.74. The van der Waals surface area contributed by atoms with Crippen LogP contribution in [-0.2, 0) is 27.9 Å². The summed E-state index contributed by atoms with van der Waals surface area (Å²) in [6.07, 6.45) is 7.66. The van der Waals surface area contributed by atoms with Gasteiger partial charge < -0.3 is 19.3 Å². The smallest absolute Gasteiger partial charge is 0.339 e. The molecule has 2 aromatic carbocycles. The minimum Gasteiger partial charge on any atom is -0.485 e. The Bertz CT molecular complexity index is 1290. The van der Waals surface area contributed by atoms with Gasteiger partial charge in [-0.15, -0.1) is 0 Å². The second-order valence-electron chi connectivity index (χ2n) is 12.9. The summed E-state index contributed by atoms with van der Waals surface area (Å²) < 4.78 is 19.9. The SMILES string of the molecule is CO[C@]12CC[C@@]3(C[C@@H]1COCc1ccccc1)C1Cc4ccc(C(=O)O)c5c4[C@@]3(CCN1CC1CC1)[C@H]2O5. The van der Waals surface area contributed by atoms with Crippen LogP contribution < -0.4 is 4.74 Å². The highest BCUT2D eigenvalue weighted by atomic mass is 16.6. The van der Waals surface area contributed by atoms with Crippen LogP contribution in [0.1, 0.15) is 65.6 Å². The Labute approximate surface area is 224 Å². The molecule has 0 aromatic heterocycles. The maximum absolute atomic E-state index is 12.4. The van der Waals surface area contributed by atoms with Crippen LogP contribution in [-0.4, -0.2) is 60.5 Å². The number of fused-ring (bicyclic) bond motifs is 2. The standard InChI is InChI=1S/C32H37NO5/c1-36-32-12-11-30(16-23(32)19-37-18-21-5-3-2-4-6-21)25-15-22-9-10-24(28(34)35)27-26(22)31(30,29(32)38-27)13-14-33(25)17-20-7-8-20/h2-6,9-10,20,23,25,29H,7-8,11-19H2,1H3,(H,34,35)/t23-,25?,29-,30-,31+,32-/m1/s1. The number of nitrogens with zero attached hydrogens (tertiary/aromatic N) is 1. The molecule has 6 atom stereocenters. The Balaban J connectivity index is 1.24. The van der Waals surface area contributed by atoms with Crippen molar-refractivity contribution in [1.29, 1.82) is 0 Å². The molecule has 200 valence electrons. The summed E-state index contributed by atoms with van der Waals surface area (Å²) in [6, 6.07) is 14.7. The van der Waals surface area contributed by atoms with Crippen molar-refractivity contribution in [3.8, 4) is 5.75 Å². The van der Waals surface area contributed by atoms with Crippen LogP contribution in [0.4, 0.5) is 0 Å². The molecule has 9 rings (SSSR count). The zero-order valence-corrected chi connectivity index (χ0v) is 22.2. The van der Waals surface area contributed by atoms with Crippen LogP contribution >= 0.6 is 0 Å². The Kier molecular flexibility index (Phi) is 4.98. The molecule has 38 heavy (non-hydrogen) atoms. The number of hydrogen-bond acceptors (Lipinski definition) is 5. The van der Waals surface area contributed by atoms with Gasteiger partial charge in [0.05, 0.1) is 13.2 Å². The minimum absolute atomic E-state index is 0.0568. The number of benzene rings is 2. The van der Waals surface area contributed by atoms with Crippen LogP contribution in [0.15, 0.2) is 42.5 Å². The van der Waals surface area contributed by atoms with Gasteiger partial charge in [0.1, 0.15) is 23.0 Å². The van der Waals surface area contributed by atoms with Gasteiger partial charge in [0.2, 0.25) is 0 Å². The fourth-order valence-electron chi connectivity index (χ4n) is 9.82. The molecule has 5 aliphatic carbocycles. The van der Waals surface area contributed by atoms with E-state index in [1.807, 2.05) is 13.2 Å². The van der Waals surface area contributed by atoms with E-state index in [-0.39, 0.29) is 22.9 Å². The lowest BCUT2D eigenvalue weighted by Crippen LogP contribution is -2.81. The molecule has 7 aliphatic rings. The lowest BCUT2D eigenvalue weighted by molar-refractivity contribution is -0.283. The van der Waals surface area contributed by atoms with Gasteiger partial charge in [-0.2, -0.15) is 0 Å². The predicted molar refractivity (Wildman–Crippen MR) is 142 cm³/mol. The molecule has 2 spiro atoms. The first-order valence-electron chi connectivity index (χ1n) is 14.5. The third-order valence-electron chi connectivity index (χ3n) is 11.5. The van der Waals surface area contributed by atoms with Gasteiger partial charge >= 0.3 is 5.97 Å². The lowest BCUT2D eigenvalue weighted by atomic mass is 9.35. The van der Waals surface area contributed by atoms with E-state index in [2.05, 4.69) is 35.2 Å². The van der Waals surface area contributed by atoms with Crippen LogP contribution in [0, 0.1) is 17.3 Å². The van der Waals surface area contributed by atoms with Gasteiger partial charge in [0.25, 0.3) is 0 Å². The Morgan fingerprint density at radius 2 is 1.97 bits per heavy atom. The van der Waals surface area contributed by atoms with Gasteiger partial charge in [-0.3, -0.25) is 4.90 Å². The topological polar surface area (TPSA) is 68.2 Å². The van der Waals surface area contributed by atoms with Crippen molar-refractivity contribution in [2.75, 3.05) is 26.8 Å². The number of methoxy groups -OCH3 is 1. The summed E-state index contributed by atoms with van der Waals surface area (Å²) in [5.74, 6) is 0.780. The zero-order chi connectivity index (χ0) is 25.7. The molecule has 6 heteroatoms. The molecule has 0 radical (unpaired) electrons. The average Bonchev–Trinajstić information content (AvgIpc) is 3.67. The summed E-state index contributed by atoms with van der Waals surface area (Å²) in [5.41, 5.74) is 3.40. The first-order chi connectivity index (χ1) is 18.5. The molecule has 2 aromatic rings. The number of ether oxygens (including phenoxy) is 3. The molecule has 5 fully saturated rings. The number of rotatable bonds is 8. The van der Waals surface area contributed by atoms with Crippen LogP contribution in [0.5, 0.6) is 5.75 Å². The highest BCUT2D eigenvalue weighted by molar-refractivity contribution is 5.92. The van der Waals surface area contributed by atoms with Crippen molar-refractivity contribution in [3.63, 3.8) is 0 Å². The maximum atomic E-state index is 12.4. The van der Waals surface area contributed by atoms with E-state index in [0.29, 0.717) is 30.6 Å². The van der Waals surface area contributed by atoms with E-state index in [1.54, 1.807) is 6.07 Å². The average molecular weight is 516 g/mol. The molecule has 2 heterocycles. The van der Waals surface area contributed by atoms with E-state index in [0.717, 1.165) is 44.6 Å². The van der Waals surface area contributed by atoms with Gasteiger partial charge in [-0.05, 0) is 74.6 Å². The normalized spacial score (nSPS) is 38.1. The summed E-state index contributed by atoms with van der Waals surface area (Å²) in [7, 11) is 1.84. The quantitative estimate of drug-likeness (QED) is 0.544. The van der Waals surface area contributed by atoms with Gasteiger partial charge in [0, 0.05) is 42.0 Å². The largest absolute Gasteiger partial charge is 0.485 e. The van der Waals surface area contributed by atoms with E-state index >= 15 is 0 Å². The number of aromatic carboxylic acids is 1. The van der Waals surface area contributed by atoms with Crippen molar-refractivity contribution >= 4 is 5.97 Å². The number of piperidine rings is 1. The second kappa shape index (κ2) is 8.06. The third-order valence-corrected chi connectivity index (χ3v) is 11.5. The van der Waals surface area contributed by atoms with Crippen LogP contribution in [0.25, 0.3) is 0 Å². The molecule has 6 nitrogen and oxygen atoms in total. The van der Waals surface area contributed by atoms with E-state index in [9.17, 15) is 9.90 Å². The zero-order valence-electron chi connectivity index (χ0n) is 22.2. The Morgan fingerprint density at radius 3 is 2.74 bits per heavy atom. The van der Waals surface area contributed by atoms with Crippen LogP contribution in [0.3, 0.4) is 0 Å². The fourth-order valence-corrected chi connectivity index (χ4v) is 9.82. The Hall–Kier alpha value is -2.41. The van der Waals surface area contributed by atoms with Crippen LogP contribution in [0.2, 0.25) is 0 Å². The molecule has 4 saturated carbocycles. The highest BCUT2D eigenvalue weighted by Crippen LogP contribution is 2.76. The monoisotopic (exact) mass is 515 g/mol. The summed E-state index contributed by atoms with van der Waals surface area (Å²) in [6.45, 7) is 3.48. The fraction of sp³-hybridized carbons (Fsp3) is 0.594. The Morgan fingerprint density at radius 1 is 1.13 bits per heavy atom. The molecule has 1 N–H and O–H groups in total. The van der Waals surface area contributed by atoms with Crippen molar-refractivity contribution < 1.29 is 24.1 Å². The molecule has 0 amide bonds.